The van der Waals surface area contributed by atoms with Crippen molar-refractivity contribution in [3.05, 3.63) is 52.5 Å². The molecule has 0 spiro atoms. The molecule has 0 aliphatic heterocycles. The van der Waals surface area contributed by atoms with Crippen LogP contribution in [0, 0.1) is 20.8 Å². The van der Waals surface area contributed by atoms with Crippen LogP contribution in [0.1, 0.15) is 42.1 Å². The molecule has 1 N–H and O–H groups in total. The molecule has 1 aromatic carbocycles. The topological polar surface area (TPSA) is 34.4 Å². The molecular formula is C18H25NO2. The molecule has 0 unspecified atom stereocenters. The summed E-state index contributed by atoms with van der Waals surface area (Å²) in [4.78, 5) is 0. The van der Waals surface area contributed by atoms with E-state index in [9.17, 15) is 0 Å². The highest BCUT2D eigenvalue weighted by atomic mass is 16.5. The van der Waals surface area contributed by atoms with Crippen LogP contribution in [0.4, 0.5) is 0 Å². The van der Waals surface area contributed by atoms with Crippen LogP contribution in [0.15, 0.2) is 28.7 Å². The summed E-state index contributed by atoms with van der Waals surface area (Å²) in [5.74, 6) is 2.77. The Hall–Kier alpha value is -1.74. The molecule has 0 fully saturated rings. The van der Waals surface area contributed by atoms with Crippen LogP contribution in [-0.2, 0) is 13.2 Å². The highest BCUT2D eigenvalue weighted by Crippen LogP contribution is 2.26. The van der Waals surface area contributed by atoms with E-state index in [2.05, 4.69) is 52.1 Å². The van der Waals surface area contributed by atoms with Crippen molar-refractivity contribution in [2.75, 3.05) is 0 Å². The Morgan fingerprint density at radius 2 is 1.67 bits per heavy atom. The minimum absolute atomic E-state index is 0.451. The lowest BCUT2D eigenvalue weighted by Crippen LogP contribution is -2.21. The quantitative estimate of drug-likeness (QED) is 0.861. The zero-order valence-electron chi connectivity index (χ0n) is 13.6. The number of hydrogen-bond acceptors (Lipinski definition) is 3. The fourth-order valence-corrected chi connectivity index (χ4v) is 2.19. The predicted octanol–water partition coefficient (Wildman–Crippen LogP) is 4.28. The van der Waals surface area contributed by atoms with Crippen LogP contribution in [0.3, 0.4) is 0 Å². The van der Waals surface area contributed by atoms with Crippen molar-refractivity contribution < 1.29 is 9.15 Å². The molecule has 0 aliphatic carbocycles. The Morgan fingerprint density at radius 3 is 2.38 bits per heavy atom. The number of hydrogen-bond donors (Lipinski definition) is 1. The van der Waals surface area contributed by atoms with Gasteiger partial charge in [0.05, 0.1) is 6.54 Å². The van der Waals surface area contributed by atoms with Crippen LogP contribution in [0.5, 0.6) is 5.75 Å². The smallest absolute Gasteiger partial charge is 0.146 e. The molecule has 3 nitrogen and oxygen atoms in total. The Bertz CT molecular complexity index is 599. The number of rotatable bonds is 6. The number of nitrogens with one attached hydrogen (secondary N) is 1. The second kappa shape index (κ2) is 6.81. The highest BCUT2D eigenvalue weighted by molar-refractivity contribution is 5.44. The van der Waals surface area contributed by atoms with Crippen molar-refractivity contribution in [1.82, 2.24) is 5.32 Å². The third-order valence-corrected chi connectivity index (χ3v) is 3.63. The molecule has 1 aromatic heterocycles. The number of aryl methyl sites for hydroxylation is 2. The fourth-order valence-electron chi connectivity index (χ4n) is 2.19. The molecule has 21 heavy (non-hydrogen) atoms. The zero-order valence-corrected chi connectivity index (χ0v) is 13.6. The van der Waals surface area contributed by atoms with Gasteiger partial charge in [-0.1, -0.05) is 26.0 Å². The van der Waals surface area contributed by atoms with Crippen LogP contribution in [-0.4, -0.2) is 6.04 Å². The van der Waals surface area contributed by atoms with Gasteiger partial charge in [0.2, 0.25) is 0 Å². The molecular weight excluding hydrogens is 262 g/mol. The average Bonchev–Trinajstić information content (AvgIpc) is 2.89. The lowest BCUT2D eigenvalue weighted by atomic mass is 10.1. The van der Waals surface area contributed by atoms with Gasteiger partial charge in [-0.3, -0.25) is 0 Å². The van der Waals surface area contributed by atoms with Gasteiger partial charge in [-0.2, -0.15) is 0 Å². The molecule has 0 saturated carbocycles. The molecule has 0 atom stereocenters. The Morgan fingerprint density at radius 1 is 1.00 bits per heavy atom. The van der Waals surface area contributed by atoms with Crippen molar-refractivity contribution in [3.63, 3.8) is 0 Å². The van der Waals surface area contributed by atoms with Crippen molar-refractivity contribution in [2.45, 2.75) is 53.8 Å². The average molecular weight is 287 g/mol. The van der Waals surface area contributed by atoms with E-state index in [0.29, 0.717) is 12.6 Å². The summed E-state index contributed by atoms with van der Waals surface area (Å²) < 4.78 is 11.7. The highest BCUT2D eigenvalue weighted by Gasteiger charge is 2.08. The van der Waals surface area contributed by atoms with Crippen LogP contribution < -0.4 is 10.1 Å². The van der Waals surface area contributed by atoms with Gasteiger partial charge in [0, 0.05) is 6.04 Å². The van der Waals surface area contributed by atoms with E-state index in [4.69, 9.17) is 9.15 Å². The van der Waals surface area contributed by atoms with Gasteiger partial charge in [-0.05, 0) is 49.6 Å². The van der Waals surface area contributed by atoms with Gasteiger partial charge in [0.1, 0.15) is 23.9 Å². The third-order valence-electron chi connectivity index (χ3n) is 3.63. The molecule has 3 heteroatoms. The predicted molar refractivity (Wildman–Crippen MR) is 85.7 cm³/mol. The maximum atomic E-state index is 5.96. The molecule has 0 aliphatic rings. The third kappa shape index (κ3) is 4.11. The van der Waals surface area contributed by atoms with E-state index in [1.165, 1.54) is 11.1 Å². The van der Waals surface area contributed by atoms with E-state index >= 15 is 0 Å². The first kappa shape index (κ1) is 15.6. The van der Waals surface area contributed by atoms with Crippen LogP contribution >= 0.6 is 0 Å². The Kier molecular flexibility index (Phi) is 5.07. The van der Waals surface area contributed by atoms with Gasteiger partial charge in [0.25, 0.3) is 0 Å². The van der Waals surface area contributed by atoms with Crippen molar-refractivity contribution in [3.8, 4) is 5.75 Å². The molecule has 114 valence electrons. The van der Waals surface area contributed by atoms with E-state index in [1.54, 1.807) is 0 Å². The second-order valence-corrected chi connectivity index (χ2v) is 5.85. The lowest BCUT2D eigenvalue weighted by Gasteiger charge is -2.13. The van der Waals surface area contributed by atoms with E-state index in [0.717, 1.165) is 29.4 Å². The van der Waals surface area contributed by atoms with Crippen LogP contribution in [0.2, 0.25) is 0 Å². The molecule has 0 radical (unpaired) electrons. The van der Waals surface area contributed by atoms with Gasteiger partial charge in [-0.15, -0.1) is 0 Å². The normalized spacial score (nSPS) is 11.1. The van der Waals surface area contributed by atoms with E-state index < -0.39 is 0 Å². The van der Waals surface area contributed by atoms with Gasteiger partial charge < -0.3 is 14.5 Å². The monoisotopic (exact) mass is 287 g/mol. The van der Waals surface area contributed by atoms with E-state index in [-0.39, 0.29) is 0 Å². The molecule has 0 saturated heterocycles. The summed E-state index contributed by atoms with van der Waals surface area (Å²) in [5, 5.41) is 3.34. The van der Waals surface area contributed by atoms with Crippen molar-refractivity contribution in [2.24, 2.45) is 0 Å². The van der Waals surface area contributed by atoms with E-state index in [1.807, 2.05) is 12.1 Å². The minimum atomic E-state index is 0.451. The second-order valence-electron chi connectivity index (χ2n) is 5.85. The Balaban J connectivity index is 1.99. The SMILES string of the molecule is Cc1ccc(C)c(OCc2ccc(CNC(C)C)o2)c1C. The van der Waals surface area contributed by atoms with Crippen molar-refractivity contribution >= 4 is 0 Å². The summed E-state index contributed by atoms with van der Waals surface area (Å²) in [6.07, 6.45) is 0. The summed E-state index contributed by atoms with van der Waals surface area (Å²) in [6.45, 7) is 11.7. The zero-order chi connectivity index (χ0) is 15.4. The molecule has 2 aromatic rings. The van der Waals surface area contributed by atoms with Gasteiger partial charge in [0.15, 0.2) is 0 Å². The van der Waals surface area contributed by atoms with Gasteiger partial charge >= 0.3 is 0 Å². The Labute approximate surface area is 127 Å². The molecule has 2 rings (SSSR count). The van der Waals surface area contributed by atoms with Crippen molar-refractivity contribution in [1.29, 1.82) is 0 Å². The standard InChI is InChI=1S/C18H25NO2/c1-12(2)19-10-16-8-9-17(21-16)11-20-18-14(4)7-6-13(3)15(18)5/h6-9,12,19H,10-11H2,1-5H3. The number of benzene rings is 1. The number of furan rings is 1. The lowest BCUT2D eigenvalue weighted by molar-refractivity contribution is 0.261. The molecule has 0 bridgehead atoms. The first-order valence-corrected chi connectivity index (χ1v) is 7.48. The fraction of sp³-hybridized carbons (Fsp3) is 0.444. The number of ether oxygens (including phenoxy) is 1. The first-order valence-electron chi connectivity index (χ1n) is 7.48. The summed E-state index contributed by atoms with van der Waals surface area (Å²) in [5.41, 5.74) is 3.60. The van der Waals surface area contributed by atoms with Gasteiger partial charge in [-0.25, -0.2) is 0 Å². The first-order chi connectivity index (χ1) is 9.97. The summed E-state index contributed by atoms with van der Waals surface area (Å²) in [7, 11) is 0. The largest absolute Gasteiger partial charge is 0.485 e. The van der Waals surface area contributed by atoms with Crippen LogP contribution in [0.25, 0.3) is 0 Å². The summed E-state index contributed by atoms with van der Waals surface area (Å²) in [6, 6.07) is 8.66. The summed E-state index contributed by atoms with van der Waals surface area (Å²) >= 11 is 0. The molecule has 1 heterocycles. The molecule has 0 amide bonds. The minimum Gasteiger partial charge on any atom is -0.485 e. The maximum absolute atomic E-state index is 5.96. The maximum Gasteiger partial charge on any atom is 0.146 e.